The fourth-order valence-electron chi connectivity index (χ4n) is 2.95. The first-order valence-corrected chi connectivity index (χ1v) is 8.29. The molecular formula is C19H23N3O2. The fraction of sp³-hybridized carbons (Fsp3) is 0.368. The highest BCUT2D eigenvalue weighted by molar-refractivity contribution is 5.74. The number of urea groups is 1. The Balaban J connectivity index is 1.54. The van der Waals surface area contributed by atoms with Gasteiger partial charge in [-0.05, 0) is 30.0 Å². The van der Waals surface area contributed by atoms with Gasteiger partial charge >= 0.3 is 6.03 Å². The third-order valence-corrected chi connectivity index (χ3v) is 4.27. The first-order chi connectivity index (χ1) is 11.7. The third-order valence-electron chi connectivity index (χ3n) is 4.27. The van der Waals surface area contributed by atoms with Gasteiger partial charge in [-0.3, -0.25) is 4.98 Å². The summed E-state index contributed by atoms with van der Waals surface area (Å²) in [6, 6.07) is 14.1. The van der Waals surface area contributed by atoms with Gasteiger partial charge < -0.3 is 15.0 Å². The van der Waals surface area contributed by atoms with Crippen LogP contribution in [0.25, 0.3) is 0 Å². The molecule has 1 aromatic carbocycles. The quantitative estimate of drug-likeness (QED) is 0.939. The van der Waals surface area contributed by atoms with Crippen molar-refractivity contribution in [3.8, 4) is 0 Å². The van der Waals surface area contributed by atoms with Crippen LogP contribution < -0.4 is 5.32 Å². The van der Waals surface area contributed by atoms with Gasteiger partial charge in [0.05, 0.1) is 6.10 Å². The lowest BCUT2D eigenvalue weighted by Gasteiger charge is -2.31. The maximum absolute atomic E-state index is 12.4. The number of rotatable bonds is 4. The highest BCUT2D eigenvalue weighted by Crippen LogP contribution is 2.27. The van der Waals surface area contributed by atoms with Crippen LogP contribution >= 0.6 is 0 Å². The molecule has 5 heteroatoms. The van der Waals surface area contributed by atoms with E-state index in [1.54, 1.807) is 24.3 Å². The van der Waals surface area contributed by atoms with Crippen LogP contribution in [0, 0.1) is 0 Å². The number of carbonyl (C=O) groups is 1. The van der Waals surface area contributed by atoms with Crippen molar-refractivity contribution < 1.29 is 9.53 Å². The molecule has 2 aromatic rings. The van der Waals surface area contributed by atoms with Crippen LogP contribution in [0.1, 0.15) is 30.1 Å². The number of hydrogen-bond donors (Lipinski definition) is 1. The van der Waals surface area contributed by atoms with E-state index in [4.69, 9.17) is 4.74 Å². The molecule has 2 atom stereocenters. The predicted octanol–water partition coefficient (Wildman–Crippen LogP) is 3.14. The average Bonchev–Trinajstić information content (AvgIpc) is 2.63. The largest absolute Gasteiger partial charge is 0.373 e. The normalized spacial score (nSPS) is 20.4. The molecule has 1 saturated heterocycles. The monoisotopic (exact) mass is 325 g/mol. The second-order valence-electron chi connectivity index (χ2n) is 6.16. The molecule has 0 saturated carbocycles. The van der Waals surface area contributed by atoms with Crippen molar-refractivity contribution in [2.45, 2.75) is 31.5 Å². The van der Waals surface area contributed by atoms with Gasteiger partial charge in [-0.2, -0.15) is 0 Å². The lowest BCUT2D eigenvalue weighted by molar-refractivity contribution is 0.00158. The summed E-state index contributed by atoms with van der Waals surface area (Å²) in [5.74, 6) is 0. The van der Waals surface area contributed by atoms with Crippen molar-refractivity contribution in [2.75, 3.05) is 13.7 Å². The van der Waals surface area contributed by atoms with E-state index >= 15 is 0 Å². The van der Waals surface area contributed by atoms with E-state index in [9.17, 15) is 4.79 Å². The van der Waals surface area contributed by atoms with Crippen LogP contribution in [0.2, 0.25) is 0 Å². The van der Waals surface area contributed by atoms with Crippen LogP contribution in [0.15, 0.2) is 54.9 Å². The van der Waals surface area contributed by atoms with Crippen LogP contribution in [-0.4, -0.2) is 35.6 Å². The summed E-state index contributed by atoms with van der Waals surface area (Å²) >= 11 is 0. The summed E-state index contributed by atoms with van der Waals surface area (Å²) in [6.45, 7) is 1.21. The highest BCUT2D eigenvalue weighted by atomic mass is 16.5. The van der Waals surface area contributed by atoms with Gasteiger partial charge in [-0.1, -0.05) is 36.4 Å². The van der Waals surface area contributed by atoms with Gasteiger partial charge in [-0.25, -0.2) is 4.79 Å². The number of nitrogens with one attached hydrogen (secondary N) is 1. The van der Waals surface area contributed by atoms with E-state index < -0.39 is 0 Å². The Labute approximate surface area is 142 Å². The highest BCUT2D eigenvalue weighted by Gasteiger charge is 2.25. The zero-order chi connectivity index (χ0) is 16.8. The zero-order valence-electron chi connectivity index (χ0n) is 13.9. The number of aromatic nitrogens is 1. The number of carbonyl (C=O) groups excluding carboxylic acids is 1. The molecule has 2 heterocycles. The Hall–Kier alpha value is -2.40. The molecule has 2 amide bonds. The number of ether oxygens (including phenoxy) is 1. The number of hydrogen-bond acceptors (Lipinski definition) is 3. The molecule has 0 bridgehead atoms. The lowest BCUT2D eigenvalue weighted by Crippen LogP contribution is -2.45. The molecule has 0 unspecified atom stereocenters. The summed E-state index contributed by atoms with van der Waals surface area (Å²) in [5, 5.41) is 3.13. The van der Waals surface area contributed by atoms with Gasteiger partial charge in [0.2, 0.25) is 0 Å². The third kappa shape index (κ3) is 4.32. The summed E-state index contributed by atoms with van der Waals surface area (Å²) in [7, 11) is 1.80. The predicted molar refractivity (Wildman–Crippen MR) is 92.4 cm³/mol. The molecule has 0 radical (unpaired) electrons. The molecule has 0 aliphatic carbocycles. The fourth-order valence-corrected chi connectivity index (χ4v) is 2.95. The Kier molecular flexibility index (Phi) is 5.43. The molecule has 126 valence electrons. The van der Waals surface area contributed by atoms with Gasteiger partial charge in [0.15, 0.2) is 0 Å². The summed E-state index contributed by atoms with van der Waals surface area (Å²) in [6.07, 6.45) is 5.21. The molecule has 0 spiro atoms. The Morgan fingerprint density at radius 2 is 2.12 bits per heavy atom. The SMILES string of the molecule is CN(Cc1cccnc1)C(=O)N[C@H]1CCO[C@H](c2ccccc2)C1. The van der Waals surface area contributed by atoms with Crippen LogP contribution in [0.3, 0.4) is 0 Å². The first-order valence-electron chi connectivity index (χ1n) is 8.29. The molecule has 24 heavy (non-hydrogen) atoms. The van der Waals surface area contributed by atoms with E-state index in [0.29, 0.717) is 13.2 Å². The van der Waals surface area contributed by atoms with Crippen LogP contribution in [0.5, 0.6) is 0 Å². The van der Waals surface area contributed by atoms with Gasteiger partial charge in [0.25, 0.3) is 0 Å². The molecular weight excluding hydrogens is 302 g/mol. The lowest BCUT2D eigenvalue weighted by atomic mass is 9.97. The maximum Gasteiger partial charge on any atom is 0.317 e. The van der Waals surface area contributed by atoms with Gasteiger partial charge in [0.1, 0.15) is 0 Å². The summed E-state index contributed by atoms with van der Waals surface area (Å²) < 4.78 is 5.86. The summed E-state index contributed by atoms with van der Waals surface area (Å²) in [5.41, 5.74) is 2.18. The first kappa shape index (κ1) is 16.5. The number of nitrogens with zero attached hydrogens (tertiary/aromatic N) is 2. The van der Waals surface area contributed by atoms with Crippen molar-refractivity contribution in [1.82, 2.24) is 15.2 Å². The number of amides is 2. The van der Waals surface area contributed by atoms with E-state index in [0.717, 1.165) is 18.4 Å². The minimum atomic E-state index is -0.0578. The van der Waals surface area contributed by atoms with Gasteiger partial charge in [-0.15, -0.1) is 0 Å². The van der Waals surface area contributed by atoms with E-state index in [1.165, 1.54) is 5.56 Å². The standard InChI is InChI=1S/C19H23N3O2/c1-22(14-15-6-5-10-20-13-15)19(23)21-17-9-11-24-18(12-17)16-7-3-2-4-8-16/h2-8,10,13,17-18H,9,11-12,14H2,1H3,(H,21,23)/t17-,18-/m0/s1. The molecule has 3 rings (SSSR count). The molecule has 1 fully saturated rings. The second-order valence-corrected chi connectivity index (χ2v) is 6.16. The molecule has 1 aliphatic heterocycles. The second kappa shape index (κ2) is 7.93. The minimum absolute atomic E-state index is 0.0499. The number of benzene rings is 1. The zero-order valence-corrected chi connectivity index (χ0v) is 13.9. The minimum Gasteiger partial charge on any atom is -0.373 e. The van der Waals surface area contributed by atoms with E-state index in [-0.39, 0.29) is 18.2 Å². The van der Waals surface area contributed by atoms with Crippen molar-refractivity contribution in [3.63, 3.8) is 0 Å². The molecule has 5 nitrogen and oxygen atoms in total. The van der Waals surface area contributed by atoms with Crippen molar-refractivity contribution in [2.24, 2.45) is 0 Å². The van der Waals surface area contributed by atoms with Crippen LogP contribution in [0.4, 0.5) is 4.79 Å². The van der Waals surface area contributed by atoms with E-state index in [1.807, 2.05) is 30.3 Å². The van der Waals surface area contributed by atoms with Crippen molar-refractivity contribution in [3.05, 3.63) is 66.0 Å². The van der Waals surface area contributed by atoms with E-state index in [2.05, 4.69) is 22.4 Å². The summed E-state index contributed by atoms with van der Waals surface area (Å²) in [4.78, 5) is 18.2. The maximum atomic E-state index is 12.4. The van der Waals surface area contributed by atoms with Crippen molar-refractivity contribution >= 4 is 6.03 Å². The van der Waals surface area contributed by atoms with Crippen LogP contribution in [-0.2, 0) is 11.3 Å². The van der Waals surface area contributed by atoms with Crippen molar-refractivity contribution in [1.29, 1.82) is 0 Å². The Morgan fingerprint density at radius 1 is 1.29 bits per heavy atom. The molecule has 1 aromatic heterocycles. The molecule has 1 N–H and O–H groups in total. The Bertz CT molecular complexity index is 648. The topological polar surface area (TPSA) is 54.5 Å². The Morgan fingerprint density at radius 3 is 2.88 bits per heavy atom. The number of pyridine rings is 1. The average molecular weight is 325 g/mol. The van der Waals surface area contributed by atoms with Gasteiger partial charge in [0, 0.05) is 38.6 Å². The molecule has 1 aliphatic rings. The smallest absolute Gasteiger partial charge is 0.317 e.